The number of piperidine rings is 1. The van der Waals surface area contributed by atoms with Crippen molar-refractivity contribution in [1.82, 2.24) is 4.90 Å². The minimum Gasteiger partial charge on any atom is -0.347 e. The van der Waals surface area contributed by atoms with Crippen molar-refractivity contribution in [1.29, 1.82) is 0 Å². The van der Waals surface area contributed by atoms with Gasteiger partial charge in [-0.1, -0.05) is 0 Å². The van der Waals surface area contributed by atoms with Crippen LogP contribution in [-0.2, 0) is 9.47 Å². The second-order valence-corrected chi connectivity index (χ2v) is 6.09. The minimum atomic E-state index is -0.725. The van der Waals surface area contributed by atoms with Crippen molar-refractivity contribution in [2.75, 3.05) is 31.6 Å². The average Bonchev–Trinajstić information content (AvgIpc) is 2.94. The molecule has 3 rings (SSSR count). The molecule has 0 bridgehead atoms. The number of carbonyl (C=O) groups excluding carboxylic acids is 1. The van der Waals surface area contributed by atoms with E-state index >= 15 is 0 Å². The SMILES string of the molecule is CC1(C2CCCN(C(=O)Nc3cc(F)cc(F)c3)C2)OCCO1. The molecule has 1 aromatic rings. The van der Waals surface area contributed by atoms with Gasteiger partial charge in [-0.05, 0) is 31.9 Å². The number of amides is 2. The van der Waals surface area contributed by atoms with Crippen LogP contribution in [0.1, 0.15) is 19.8 Å². The highest BCUT2D eigenvalue weighted by atomic mass is 19.1. The van der Waals surface area contributed by atoms with Crippen LogP contribution in [0.5, 0.6) is 0 Å². The smallest absolute Gasteiger partial charge is 0.321 e. The zero-order valence-corrected chi connectivity index (χ0v) is 13.0. The molecule has 2 heterocycles. The fourth-order valence-electron chi connectivity index (χ4n) is 3.18. The fourth-order valence-corrected chi connectivity index (χ4v) is 3.18. The van der Waals surface area contributed by atoms with E-state index in [9.17, 15) is 13.6 Å². The third-order valence-electron chi connectivity index (χ3n) is 4.42. The van der Waals surface area contributed by atoms with E-state index < -0.39 is 17.4 Å². The molecule has 0 radical (unpaired) electrons. The molecule has 126 valence electrons. The molecule has 1 atom stereocenters. The van der Waals surface area contributed by atoms with Crippen molar-refractivity contribution in [2.24, 2.45) is 5.92 Å². The normalized spacial score (nSPS) is 23.8. The van der Waals surface area contributed by atoms with Crippen LogP contribution in [0.2, 0.25) is 0 Å². The fraction of sp³-hybridized carbons (Fsp3) is 0.562. The highest BCUT2D eigenvalue weighted by Gasteiger charge is 2.42. The lowest BCUT2D eigenvalue weighted by molar-refractivity contribution is -0.189. The molecular weight excluding hydrogens is 306 g/mol. The van der Waals surface area contributed by atoms with E-state index in [2.05, 4.69) is 5.32 Å². The van der Waals surface area contributed by atoms with E-state index in [4.69, 9.17) is 9.47 Å². The molecule has 0 aromatic heterocycles. The van der Waals surface area contributed by atoms with E-state index in [1.807, 2.05) is 6.92 Å². The van der Waals surface area contributed by atoms with Gasteiger partial charge in [-0.15, -0.1) is 0 Å². The Kier molecular flexibility index (Phi) is 4.50. The van der Waals surface area contributed by atoms with Gasteiger partial charge in [0.05, 0.1) is 13.2 Å². The lowest BCUT2D eigenvalue weighted by atomic mass is 9.90. The van der Waals surface area contributed by atoms with E-state index in [0.29, 0.717) is 26.3 Å². The molecule has 23 heavy (non-hydrogen) atoms. The van der Waals surface area contributed by atoms with Crippen molar-refractivity contribution in [3.8, 4) is 0 Å². The number of urea groups is 1. The van der Waals surface area contributed by atoms with Gasteiger partial charge in [-0.25, -0.2) is 13.6 Å². The van der Waals surface area contributed by atoms with Crippen molar-refractivity contribution in [2.45, 2.75) is 25.6 Å². The first-order valence-electron chi connectivity index (χ1n) is 7.76. The van der Waals surface area contributed by atoms with Crippen molar-refractivity contribution < 1.29 is 23.0 Å². The predicted octanol–water partition coefficient (Wildman–Crippen LogP) is 2.97. The van der Waals surface area contributed by atoms with Gasteiger partial charge >= 0.3 is 6.03 Å². The molecule has 2 aliphatic heterocycles. The van der Waals surface area contributed by atoms with Gasteiger partial charge in [0, 0.05) is 30.8 Å². The molecule has 1 N–H and O–H groups in total. The lowest BCUT2D eigenvalue weighted by Crippen LogP contribution is -2.49. The zero-order valence-electron chi connectivity index (χ0n) is 13.0. The maximum absolute atomic E-state index is 13.2. The largest absolute Gasteiger partial charge is 0.347 e. The van der Waals surface area contributed by atoms with Gasteiger partial charge in [0.2, 0.25) is 0 Å². The zero-order chi connectivity index (χ0) is 16.4. The van der Waals surface area contributed by atoms with Crippen molar-refractivity contribution in [3.05, 3.63) is 29.8 Å². The predicted molar refractivity (Wildman–Crippen MR) is 80.0 cm³/mol. The molecule has 2 aliphatic rings. The van der Waals surface area contributed by atoms with Crippen LogP contribution in [0.25, 0.3) is 0 Å². The van der Waals surface area contributed by atoms with Crippen LogP contribution in [0.4, 0.5) is 19.3 Å². The number of hydrogen-bond donors (Lipinski definition) is 1. The summed E-state index contributed by atoms with van der Waals surface area (Å²) in [6.45, 7) is 4.09. The number of halogens is 2. The summed E-state index contributed by atoms with van der Waals surface area (Å²) in [6, 6.07) is 2.57. The van der Waals surface area contributed by atoms with Crippen LogP contribution in [-0.4, -0.2) is 43.0 Å². The first-order valence-corrected chi connectivity index (χ1v) is 7.76. The Morgan fingerprint density at radius 3 is 2.57 bits per heavy atom. The van der Waals surface area contributed by atoms with Gasteiger partial charge < -0.3 is 19.7 Å². The summed E-state index contributed by atoms with van der Waals surface area (Å²) < 4.78 is 37.8. The molecule has 5 nitrogen and oxygen atoms in total. The van der Waals surface area contributed by atoms with Crippen LogP contribution >= 0.6 is 0 Å². The van der Waals surface area contributed by atoms with Gasteiger partial charge in [0.1, 0.15) is 11.6 Å². The van der Waals surface area contributed by atoms with Gasteiger partial charge in [-0.3, -0.25) is 0 Å². The van der Waals surface area contributed by atoms with Gasteiger partial charge in [0.15, 0.2) is 5.79 Å². The van der Waals surface area contributed by atoms with Crippen LogP contribution in [0, 0.1) is 17.6 Å². The summed E-state index contributed by atoms with van der Waals surface area (Å²) in [6.07, 6.45) is 1.74. The maximum Gasteiger partial charge on any atom is 0.321 e. The number of rotatable bonds is 2. The van der Waals surface area contributed by atoms with Crippen molar-refractivity contribution >= 4 is 11.7 Å². The number of carbonyl (C=O) groups is 1. The van der Waals surface area contributed by atoms with Crippen LogP contribution in [0.3, 0.4) is 0 Å². The highest BCUT2D eigenvalue weighted by Crippen LogP contribution is 2.34. The summed E-state index contributed by atoms with van der Waals surface area (Å²) in [4.78, 5) is 14.0. The highest BCUT2D eigenvalue weighted by molar-refractivity contribution is 5.89. The van der Waals surface area contributed by atoms with Crippen LogP contribution < -0.4 is 5.32 Å². The number of likely N-dealkylation sites (tertiary alicyclic amines) is 1. The topological polar surface area (TPSA) is 50.8 Å². The van der Waals surface area contributed by atoms with E-state index in [-0.39, 0.29) is 17.6 Å². The maximum atomic E-state index is 13.2. The second-order valence-electron chi connectivity index (χ2n) is 6.09. The number of anilines is 1. The quantitative estimate of drug-likeness (QED) is 0.909. The number of ether oxygens (including phenoxy) is 2. The van der Waals surface area contributed by atoms with Crippen LogP contribution in [0.15, 0.2) is 18.2 Å². The summed E-state index contributed by atoms with van der Waals surface area (Å²) in [5.41, 5.74) is 0.106. The Bertz CT molecular complexity index is 570. The molecule has 1 aromatic carbocycles. The van der Waals surface area contributed by atoms with Gasteiger partial charge in [0.25, 0.3) is 0 Å². The first kappa shape index (κ1) is 16.1. The Labute approximate surface area is 133 Å². The molecule has 0 spiro atoms. The molecule has 2 fully saturated rings. The number of benzene rings is 1. The van der Waals surface area contributed by atoms with Crippen molar-refractivity contribution in [3.63, 3.8) is 0 Å². The van der Waals surface area contributed by atoms with E-state index in [0.717, 1.165) is 31.0 Å². The standard InChI is InChI=1S/C16H20F2N2O3/c1-16(22-5-6-23-16)11-3-2-4-20(10-11)15(21)19-14-8-12(17)7-13(18)9-14/h7-9,11H,2-6,10H2,1H3,(H,19,21). The second kappa shape index (κ2) is 6.41. The third-order valence-corrected chi connectivity index (χ3v) is 4.42. The Morgan fingerprint density at radius 1 is 1.26 bits per heavy atom. The Morgan fingerprint density at radius 2 is 1.91 bits per heavy atom. The molecule has 2 saturated heterocycles. The third kappa shape index (κ3) is 3.61. The first-order chi connectivity index (χ1) is 11.0. The molecule has 0 saturated carbocycles. The number of nitrogens with one attached hydrogen (secondary N) is 1. The summed E-state index contributed by atoms with van der Waals surface area (Å²) >= 11 is 0. The summed E-state index contributed by atoms with van der Waals surface area (Å²) in [7, 11) is 0. The summed E-state index contributed by atoms with van der Waals surface area (Å²) in [5, 5.41) is 2.54. The number of hydrogen-bond acceptors (Lipinski definition) is 3. The Balaban J connectivity index is 1.65. The molecular formula is C16H20F2N2O3. The molecule has 7 heteroatoms. The van der Waals surface area contributed by atoms with Gasteiger partial charge in [-0.2, -0.15) is 0 Å². The number of nitrogens with zero attached hydrogens (tertiary/aromatic N) is 1. The Hall–Kier alpha value is -1.73. The van der Waals surface area contributed by atoms with E-state index in [1.165, 1.54) is 0 Å². The molecule has 1 unspecified atom stereocenters. The molecule has 0 aliphatic carbocycles. The minimum absolute atomic E-state index is 0.0775. The summed E-state index contributed by atoms with van der Waals surface area (Å²) in [5.74, 6) is -2.04. The lowest BCUT2D eigenvalue weighted by Gasteiger charge is -2.39. The molecule has 2 amide bonds. The van der Waals surface area contributed by atoms with E-state index in [1.54, 1.807) is 4.90 Å². The monoisotopic (exact) mass is 326 g/mol. The average molecular weight is 326 g/mol.